The number of ether oxygens (including phenoxy) is 1. The SMILES string of the molecule is Cc1ccc(Sc2c(C)nn(-c3ccccc3)c2OC(=O)C(C)C)cc1. The van der Waals surface area contributed by atoms with Crippen LogP contribution in [0.1, 0.15) is 25.1 Å². The third-order valence-electron chi connectivity index (χ3n) is 3.88. The quantitative estimate of drug-likeness (QED) is 0.582. The van der Waals surface area contributed by atoms with Crippen molar-refractivity contribution in [3.8, 4) is 11.6 Å². The van der Waals surface area contributed by atoms with E-state index in [1.807, 2.05) is 51.1 Å². The summed E-state index contributed by atoms with van der Waals surface area (Å²) in [4.78, 5) is 14.2. The Morgan fingerprint density at radius 2 is 1.69 bits per heavy atom. The molecule has 0 unspecified atom stereocenters. The van der Waals surface area contributed by atoms with Crippen molar-refractivity contribution in [2.24, 2.45) is 5.92 Å². The van der Waals surface area contributed by atoms with E-state index in [1.165, 1.54) is 5.56 Å². The molecule has 3 aromatic rings. The Balaban J connectivity index is 2.05. The molecule has 1 heterocycles. The average Bonchev–Trinajstić information content (AvgIpc) is 2.93. The topological polar surface area (TPSA) is 44.1 Å². The predicted octanol–water partition coefficient (Wildman–Crippen LogP) is 5.20. The summed E-state index contributed by atoms with van der Waals surface area (Å²) >= 11 is 1.56. The average molecular weight is 366 g/mol. The number of carbonyl (C=O) groups excluding carboxylic acids is 1. The van der Waals surface area contributed by atoms with Gasteiger partial charge in [-0.3, -0.25) is 4.79 Å². The molecular formula is C21H22N2O2S. The van der Waals surface area contributed by atoms with Crippen LogP contribution in [0, 0.1) is 19.8 Å². The summed E-state index contributed by atoms with van der Waals surface area (Å²) in [5.41, 5.74) is 2.89. The lowest BCUT2D eigenvalue weighted by Gasteiger charge is -2.11. The second kappa shape index (κ2) is 7.79. The van der Waals surface area contributed by atoms with Crippen LogP contribution in [0.2, 0.25) is 0 Å². The normalized spacial score (nSPS) is 11.0. The number of para-hydroxylation sites is 1. The van der Waals surface area contributed by atoms with E-state index in [9.17, 15) is 4.79 Å². The zero-order chi connectivity index (χ0) is 18.7. The second-order valence-electron chi connectivity index (χ2n) is 6.46. The molecule has 134 valence electrons. The lowest BCUT2D eigenvalue weighted by Crippen LogP contribution is -2.17. The molecule has 2 aromatic carbocycles. The van der Waals surface area contributed by atoms with Crippen molar-refractivity contribution in [2.45, 2.75) is 37.5 Å². The Bertz CT molecular complexity index is 900. The van der Waals surface area contributed by atoms with Crippen LogP contribution in [0.25, 0.3) is 5.69 Å². The van der Waals surface area contributed by atoms with Crippen molar-refractivity contribution < 1.29 is 9.53 Å². The zero-order valence-electron chi connectivity index (χ0n) is 15.4. The van der Waals surface area contributed by atoms with Crippen molar-refractivity contribution >= 4 is 17.7 Å². The molecule has 0 amide bonds. The van der Waals surface area contributed by atoms with Crippen molar-refractivity contribution in [2.75, 3.05) is 0 Å². The summed E-state index contributed by atoms with van der Waals surface area (Å²) in [7, 11) is 0. The van der Waals surface area contributed by atoms with Crippen molar-refractivity contribution in [3.63, 3.8) is 0 Å². The minimum Gasteiger partial charge on any atom is -0.406 e. The number of esters is 1. The Kier molecular flexibility index (Phi) is 5.47. The zero-order valence-corrected chi connectivity index (χ0v) is 16.2. The molecule has 26 heavy (non-hydrogen) atoms. The van der Waals surface area contributed by atoms with E-state index < -0.39 is 0 Å². The summed E-state index contributed by atoms with van der Waals surface area (Å²) in [6.45, 7) is 7.64. The molecule has 0 aliphatic rings. The standard InChI is InChI=1S/C21H22N2O2S/c1-14(2)21(24)25-20-19(26-18-12-10-15(3)11-13-18)16(4)22-23(20)17-8-6-5-7-9-17/h5-14H,1-4H3. The molecular weight excluding hydrogens is 344 g/mol. The number of rotatable bonds is 5. The van der Waals surface area contributed by atoms with Gasteiger partial charge in [0, 0.05) is 4.90 Å². The number of benzene rings is 2. The van der Waals surface area contributed by atoms with Gasteiger partial charge in [0.2, 0.25) is 5.88 Å². The lowest BCUT2D eigenvalue weighted by atomic mass is 10.2. The van der Waals surface area contributed by atoms with E-state index in [0.29, 0.717) is 5.88 Å². The summed E-state index contributed by atoms with van der Waals surface area (Å²) < 4.78 is 7.45. The van der Waals surface area contributed by atoms with Crippen LogP contribution in [-0.4, -0.2) is 15.7 Å². The molecule has 4 nitrogen and oxygen atoms in total. The highest BCUT2D eigenvalue weighted by Crippen LogP contribution is 2.39. The predicted molar refractivity (Wildman–Crippen MR) is 104 cm³/mol. The summed E-state index contributed by atoms with van der Waals surface area (Å²) in [6, 6.07) is 18.0. The largest absolute Gasteiger partial charge is 0.406 e. The highest BCUT2D eigenvalue weighted by atomic mass is 32.2. The van der Waals surface area contributed by atoms with Gasteiger partial charge in [-0.2, -0.15) is 9.78 Å². The molecule has 0 fully saturated rings. The fraction of sp³-hybridized carbons (Fsp3) is 0.238. The molecule has 0 spiro atoms. The molecule has 0 aliphatic heterocycles. The van der Waals surface area contributed by atoms with Gasteiger partial charge in [0.15, 0.2) is 0 Å². The maximum Gasteiger partial charge on any atom is 0.315 e. The third-order valence-corrected chi connectivity index (χ3v) is 5.06. The minimum absolute atomic E-state index is 0.216. The van der Waals surface area contributed by atoms with Crippen LogP contribution in [0.5, 0.6) is 5.88 Å². The van der Waals surface area contributed by atoms with Gasteiger partial charge in [-0.25, -0.2) is 0 Å². The molecule has 0 radical (unpaired) electrons. The first kappa shape index (κ1) is 18.3. The highest BCUT2D eigenvalue weighted by Gasteiger charge is 2.23. The van der Waals surface area contributed by atoms with Gasteiger partial charge < -0.3 is 4.74 Å². The Hall–Kier alpha value is -2.53. The van der Waals surface area contributed by atoms with Crippen LogP contribution in [0.3, 0.4) is 0 Å². The molecule has 0 saturated carbocycles. The number of aromatic nitrogens is 2. The van der Waals surface area contributed by atoms with Crippen molar-refractivity contribution in [1.29, 1.82) is 0 Å². The van der Waals surface area contributed by atoms with E-state index in [0.717, 1.165) is 21.2 Å². The Morgan fingerprint density at radius 1 is 1.04 bits per heavy atom. The Labute approximate surface area is 158 Å². The lowest BCUT2D eigenvalue weighted by molar-refractivity contribution is -0.138. The molecule has 3 rings (SSSR count). The van der Waals surface area contributed by atoms with Gasteiger partial charge in [0.25, 0.3) is 0 Å². The van der Waals surface area contributed by atoms with Gasteiger partial charge in [0.1, 0.15) is 0 Å². The van der Waals surface area contributed by atoms with Gasteiger partial charge in [-0.15, -0.1) is 0 Å². The number of hydrogen-bond acceptors (Lipinski definition) is 4. The number of hydrogen-bond donors (Lipinski definition) is 0. The molecule has 5 heteroatoms. The van der Waals surface area contributed by atoms with Crippen LogP contribution < -0.4 is 4.74 Å². The molecule has 0 aliphatic carbocycles. The van der Waals surface area contributed by atoms with Crippen LogP contribution in [0.4, 0.5) is 0 Å². The minimum atomic E-state index is -0.271. The van der Waals surface area contributed by atoms with Crippen molar-refractivity contribution in [3.05, 3.63) is 65.9 Å². The maximum atomic E-state index is 12.3. The molecule has 1 aromatic heterocycles. The number of carbonyl (C=O) groups is 1. The van der Waals surface area contributed by atoms with Gasteiger partial charge in [-0.1, -0.05) is 61.5 Å². The molecule has 0 bridgehead atoms. The first-order valence-corrected chi connectivity index (χ1v) is 9.38. The summed E-state index contributed by atoms with van der Waals surface area (Å²) in [5.74, 6) is -0.0162. The van der Waals surface area contributed by atoms with Gasteiger partial charge in [-0.05, 0) is 38.1 Å². The third kappa shape index (κ3) is 3.99. The fourth-order valence-electron chi connectivity index (χ4n) is 2.38. The van der Waals surface area contributed by atoms with E-state index >= 15 is 0 Å². The summed E-state index contributed by atoms with van der Waals surface area (Å²) in [5, 5.41) is 4.63. The van der Waals surface area contributed by atoms with E-state index in [4.69, 9.17) is 4.74 Å². The second-order valence-corrected chi connectivity index (χ2v) is 7.54. The molecule has 0 saturated heterocycles. The number of nitrogens with zero attached hydrogens (tertiary/aromatic N) is 2. The molecule has 0 N–H and O–H groups in total. The first-order chi connectivity index (χ1) is 12.5. The van der Waals surface area contributed by atoms with Gasteiger partial charge >= 0.3 is 5.97 Å². The van der Waals surface area contributed by atoms with Crippen LogP contribution in [0.15, 0.2) is 64.4 Å². The number of aryl methyl sites for hydroxylation is 2. The fourth-order valence-corrected chi connectivity index (χ4v) is 3.29. The van der Waals surface area contributed by atoms with E-state index in [1.54, 1.807) is 16.4 Å². The monoisotopic (exact) mass is 366 g/mol. The Morgan fingerprint density at radius 3 is 2.31 bits per heavy atom. The first-order valence-electron chi connectivity index (χ1n) is 8.57. The van der Waals surface area contributed by atoms with Crippen molar-refractivity contribution in [1.82, 2.24) is 9.78 Å². The maximum absolute atomic E-state index is 12.3. The van der Waals surface area contributed by atoms with E-state index in [-0.39, 0.29) is 11.9 Å². The highest BCUT2D eigenvalue weighted by molar-refractivity contribution is 7.99. The smallest absolute Gasteiger partial charge is 0.315 e. The molecule has 0 atom stereocenters. The van der Waals surface area contributed by atoms with Crippen LogP contribution >= 0.6 is 11.8 Å². The van der Waals surface area contributed by atoms with Gasteiger partial charge in [0.05, 0.1) is 22.2 Å². The van der Waals surface area contributed by atoms with E-state index in [2.05, 4.69) is 36.3 Å². The van der Waals surface area contributed by atoms with Crippen LogP contribution in [-0.2, 0) is 4.79 Å². The summed E-state index contributed by atoms with van der Waals surface area (Å²) in [6.07, 6.45) is 0.